The molecule has 1 atom stereocenters. The second kappa shape index (κ2) is 8.07. The zero-order chi connectivity index (χ0) is 17.6. The number of ether oxygens (including phenoxy) is 1. The van der Waals surface area contributed by atoms with Crippen LogP contribution < -0.4 is 5.32 Å². The summed E-state index contributed by atoms with van der Waals surface area (Å²) < 4.78 is 5.07. The summed E-state index contributed by atoms with van der Waals surface area (Å²) in [5, 5.41) is 6.48. The fourth-order valence-corrected chi connectivity index (χ4v) is 3.51. The van der Waals surface area contributed by atoms with Gasteiger partial charge in [0.05, 0.1) is 18.2 Å². The first-order chi connectivity index (χ1) is 12.2. The number of carbonyl (C=O) groups is 1. The van der Waals surface area contributed by atoms with Crippen molar-refractivity contribution in [2.24, 2.45) is 0 Å². The van der Waals surface area contributed by atoms with E-state index in [1.54, 1.807) is 18.3 Å². The highest BCUT2D eigenvalue weighted by Crippen LogP contribution is 2.30. The van der Waals surface area contributed by atoms with Crippen LogP contribution in [0.5, 0.6) is 0 Å². The molecule has 1 N–H and O–H groups in total. The first kappa shape index (κ1) is 17.4. The van der Waals surface area contributed by atoms with Crippen LogP contribution in [0.2, 0.25) is 0 Å². The Morgan fingerprint density at radius 1 is 1.20 bits per heavy atom. The minimum Gasteiger partial charge on any atom is -0.460 e. The van der Waals surface area contributed by atoms with Crippen LogP contribution in [0.15, 0.2) is 41.8 Å². The average Bonchev–Trinajstić information content (AvgIpc) is 3.16. The van der Waals surface area contributed by atoms with Crippen molar-refractivity contribution in [2.45, 2.75) is 32.7 Å². The molecule has 0 amide bonds. The summed E-state index contributed by atoms with van der Waals surface area (Å²) >= 11 is 1.72. The van der Waals surface area contributed by atoms with Gasteiger partial charge in [-0.1, -0.05) is 31.5 Å². The van der Waals surface area contributed by atoms with E-state index in [2.05, 4.69) is 33.7 Å². The molecule has 2 heterocycles. The number of carbonyl (C=O) groups excluding carboxylic acids is 1. The number of nitrogens with one attached hydrogen (secondary N) is 1. The second-order valence-electron chi connectivity index (χ2n) is 5.63. The molecule has 0 saturated heterocycles. The Morgan fingerprint density at radius 2 is 2.04 bits per heavy atom. The van der Waals surface area contributed by atoms with Crippen LogP contribution >= 0.6 is 11.3 Å². The van der Waals surface area contributed by atoms with Crippen LogP contribution in [0.4, 0.5) is 5.82 Å². The fraction of sp³-hybridized carbons (Fsp3) is 0.316. The lowest BCUT2D eigenvalue weighted by Crippen LogP contribution is -2.15. The van der Waals surface area contributed by atoms with Crippen molar-refractivity contribution in [1.29, 1.82) is 0 Å². The normalized spacial score (nSPS) is 12.1. The maximum Gasteiger partial charge on any atom is 0.376 e. The number of aromatic nitrogens is 2. The van der Waals surface area contributed by atoms with E-state index < -0.39 is 5.97 Å². The molecule has 0 radical (unpaired) electrons. The summed E-state index contributed by atoms with van der Waals surface area (Å²) in [6.45, 7) is 4.22. The average molecular weight is 355 g/mol. The van der Waals surface area contributed by atoms with Crippen molar-refractivity contribution in [2.75, 3.05) is 11.9 Å². The lowest BCUT2D eigenvalue weighted by molar-refractivity contribution is 0.0512. The number of anilines is 1. The van der Waals surface area contributed by atoms with Gasteiger partial charge in [0.25, 0.3) is 0 Å². The molecular formula is C19H21N3O2S. The standard InChI is InChI=1S/C19H21N3O2S/c1-3-8-15(16-11-7-12-25-16)21-17-13-9-5-6-10-14(13)20-18(22-17)19(23)24-4-2/h5-7,9-12,15H,3-4,8H2,1-2H3,(H,20,21,22). The maximum absolute atomic E-state index is 12.1. The van der Waals surface area contributed by atoms with Crippen LogP contribution in [0.3, 0.4) is 0 Å². The SMILES string of the molecule is CCCC(Nc1nc(C(=O)OCC)nc2ccccc12)c1cccs1. The third-order valence-corrected chi connectivity index (χ3v) is 4.82. The number of thiophene rings is 1. The first-order valence-electron chi connectivity index (χ1n) is 8.46. The number of esters is 1. The van der Waals surface area contributed by atoms with Gasteiger partial charge in [0.2, 0.25) is 5.82 Å². The maximum atomic E-state index is 12.1. The molecule has 5 nitrogen and oxygen atoms in total. The molecule has 25 heavy (non-hydrogen) atoms. The molecule has 0 aliphatic carbocycles. The predicted octanol–water partition coefficient (Wildman–Crippen LogP) is 4.82. The lowest BCUT2D eigenvalue weighted by Gasteiger charge is -2.19. The molecule has 2 aromatic heterocycles. The molecule has 0 spiro atoms. The molecule has 0 aliphatic heterocycles. The molecule has 6 heteroatoms. The van der Waals surface area contributed by atoms with E-state index in [0.717, 1.165) is 23.7 Å². The molecule has 0 aliphatic rings. The van der Waals surface area contributed by atoms with Crippen molar-refractivity contribution in [1.82, 2.24) is 9.97 Å². The van der Waals surface area contributed by atoms with E-state index in [0.29, 0.717) is 12.4 Å². The van der Waals surface area contributed by atoms with Crippen LogP contribution in [0.25, 0.3) is 10.9 Å². The van der Waals surface area contributed by atoms with Gasteiger partial charge in [-0.15, -0.1) is 11.3 Å². The van der Waals surface area contributed by atoms with Gasteiger partial charge in [0.15, 0.2) is 0 Å². The number of hydrogen-bond acceptors (Lipinski definition) is 6. The van der Waals surface area contributed by atoms with Gasteiger partial charge in [-0.2, -0.15) is 0 Å². The summed E-state index contributed by atoms with van der Waals surface area (Å²) in [5.74, 6) is 0.254. The van der Waals surface area contributed by atoms with Crippen molar-refractivity contribution in [3.63, 3.8) is 0 Å². The lowest BCUT2D eigenvalue weighted by atomic mass is 10.1. The number of nitrogens with zero attached hydrogens (tertiary/aromatic N) is 2. The molecule has 1 aromatic carbocycles. The minimum atomic E-state index is -0.500. The van der Waals surface area contributed by atoms with Gasteiger partial charge in [-0.25, -0.2) is 14.8 Å². The summed E-state index contributed by atoms with van der Waals surface area (Å²) in [7, 11) is 0. The van der Waals surface area contributed by atoms with Crippen molar-refractivity contribution < 1.29 is 9.53 Å². The van der Waals surface area contributed by atoms with Crippen LogP contribution in [-0.4, -0.2) is 22.5 Å². The summed E-state index contributed by atoms with van der Waals surface area (Å²) in [4.78, 5) is 22.2. The van der Waals surface area contributed by atoms with Crippen molar-refractivity contribution in [3.05, 3.63) is 52.5 Å². The molecular weight excluding hydrogens is 334 g/mol. The molecule has 0 saturated carbocycles. The van der Waals surface area contributed by atoms with Gasteiger partial charge in [-0.05, 0) is 36.9 Å². The van der Waals surface area contributed by atoms with Gasteiger partial charge in [0, 0.05) is 10.3 Å². The topological polar surface area (TPSA) is 64.1 Å². The minimum absolute atomic E-state index is 0.0875. The Balaban J connectivity index is 2.02. The highest BCUT2D eigenvalue weighted by Gasteiger charge is 2.18. The monoisotopic (exact) mass is 355 g/mol. The zero-order valence-electron chi connectivity index (χ0n) is 14.4. The van der Waals surface area contributed by atoms with E-state index in [4.69, 9.17) is 4.74 Å². The summed E-state index contributed by atoms with van der Waals surface area (Å²) in [5.41, 5.74) is 0.726. The molecule has 1 unspecified atom stereocenters. The number of para-hydroxylation sites is 1. The number of fused-ring (bicyclic) bond motifs is 1. The van der Waals surface area contributed by atoms with Gasteiger partial charge >= 0.3 is 5.97 Å². The molecule has 3 rings (SSSR count). The molecule has 130 valence electrons. The quantitative estimate of drug-likeness (QED) is 0.616. The number of hydrogen-bond donors (Lipinski definition) is 1. The third kappa shape index (κ3) is 3.96. The Hall–Kier alpha value is -2.47. The predicted molar refractivity (Wildman–Crippen MR) is 101 cm³/mol. The van der Waals surface area contributed by atoms with Gasteiger partial charge in [-0.3, -0.25) is 0 Å². The van der Waals surface area contributed by atoms with Crippen LogP contribution in [0.1, 0.15) is 48.2 Å². The van der Waals surface area contributed by atoms with Crippen LogP contribution in [-0.2, 0) is 4.74 Å². The Morgan fingerprint density at radius 3 is 2.76 bits per heavy atom. The van der Waals surface area contributed by atoms with Crippen molar-refractivity contribution >= 4 is 34.0 Å². The van der Waals surface area contributed by atoms with Gasteiger partial charge < -0.3 is 10.1 Å². The first-order valence-corrected chi connectivity index (χ1v) is 9.34. The van der Waals surface area contributed by atoms with E-state index in [1.807, 2.05) is 30.3 Å². The third-order valence-electron chi connectivity index (χ3n) is 3.84. The molecule has 0 fully saturated rings. The number of rotatable bonds is 7. The Kier molecular flexibility index (Phi) is 5.60. The number of benzene rings is 1. The fourth-order valence-electron chi connectivity index (χ4n) is 2.70. The smallest absolute Gasteiger partial charge is 0.376 e. The van der Waals surface area contributed by atoms with Crippen LogP contribution in [0, 0.1) is 0 Å². The van der Waals surface area contributed by atoms with E-state index in [-0.39, 0.29) is 11.9 Å². The highest BCUT2D eigenvalue weighted by molar-refractivity contribution is 7.10. The van der Waals surface area contributed by atoms with Crippen molar-refractivity contribution in [3.8, 4) is 0 Å². The van der Waals surface area contributed by atoms with E-state index in [1.165, 1.54) is 4.88 Å². The molecule has 0 bridgehead atoms. The van der Waals surface area contributed by atoms with E-state index >= 15 is 0 Å². The Labute approximate surface area is 151 Å². The van der Waals surface area contributed by atoms with E-state index in [9.17, 15) is 4.79 Å². The summed E-state index contributed by atoms with van der Waals surface area (Å²) in [6, 6.07) is 12.0. The van der Waals surface area contributed by atoms with Gasteiger partial charge in [0.1, 0.15) is 5.82 Å². The molecule has 3 aromatic rings. The Bertz CT molecular complexity index is 849. The second-order valence-corrected chi connectivity index (χ2v) is 6.61. The summed E-state index contributed by atoms with van der Waals surface area (Å²) in [6.07, 6.45) is 2.02. The highest BCUT2D eigenvalue weighted by atomic mass is 32.1. The zero-order valence-corrected chi connectivity index (χ0v) is 15.2. The largest absolute Gasteiger partial charge is 0.460 e.